The first kappa shape index (κ1) is 37.2. The summed E-state index contributed by atoms with van der Waals surface area (Å²) in [6.45, 7) is 9.02. The molecule has 298 valence electrons. The van der Waals surface area contributed by atoms with Crippen LogP contribution in [0.2, 0.25) is 0 Å². The second-order valence-corrected chi connectivity index (χ2v) is 16.3. The molecule has 11 rings (SSSR count). The SMILES string of the molecule is Cc1c(C)n(-c2ccc(N(c3ccccc3)c3ccccc3)cc2)c2c1ccc1c3ccc4c(C)c(C)n(-c5ccc(N(c6ccccc6)c6ccccc6)cc5)c4c3ccc12. The van der Waals surface area contributed by atoms with Gasteiger partial charge in [0.05, 0.1) is 11.0 Å². The molecule has 4 nitrogen and oxygen atoms in total. The van der Waals surface area contributed by atoms with Crippen molar-refractivity contribution >= 4 is 77.5 Å². The minimum atomic E-state index is 1.12. The molecular formula is C58H46N4. The molecule has 0 aliphatic rings. The van der Waals surface area contributed by atoms with Crippen molar-refractivity contribution in [3.63, 3.8) is 0 Å². The molecule has 0 saturated heterocycles. The lowest BCUT2D eigenvalue weighted by atomic mass is 9.97. The van der Waals surface area contributed by atoms with Gasteiger partial charge in [-0.05, 0) is 147 Å². The number of benzene rings is 9. The first-order valence-corrected chi connectivity index (χ1v) is 21.5. The van der Waals surface area contributed by atoms with Crippen LogP contribution in [-0.4, -0.2) is 9.13 Å². The smallest absolute Gasteiger partial charge is 0.0612 e. The van der Waals surface area contributed by atoms with E-state index in [0.29, 0.717) is 0 Å². The Morgan fingerprint density at radius 1 is 0.258 bits per heavy atom. The lowest BCUT2D eigenvalue weighted by Crippen LogP contribution is -2.09. The lowest BCUT2D eigenvalue weighted by Gasteiger charge is -2.25. The topological polar surface area (TPSA) is 16.3 Å². The highest BCUT2D eigenvalue weighted by molar-refractivity contribution is 6.22. The zero-order valence-electron chi connectivity index (χ0n) is 35.4. The zero-order chi connectivity index (χ0) is 41.9. The molecule has 2 heterocycles. The average molecular weight is 799 g/mol. The fraction of sp³-hybridized carbons (Fsp3) is 0.0690. The predicted octanol–water partition coefficient (Wildman–Crippen LogP) is 16.1. The Labute approximate surface area is 362 Å². The van der Waals surface area contributed by atoms with Crippen molar-refractivity contribution < 1.29 is 0 Å². The highest BCUT2D eigenvalue weighted by Crippen LogP contribution is 2.42. The molecule has 4 heteroatoms. The molecule has 11 aromatic rings. The molecule has 0 amide bonds. The Morgan fingerprint density at radius 2 is 0.516 bits per heavy atom. The van der Waals surface area contributed by atoms with Crippen LogP contribution in [0.3, 0.4) is 0 Å². The van der Waals surface area contributed by atoms with Gasteiger partial charge in [0, 0.05) is 78.4 Å². The fourth-order valence-electron chi connectivity index (χ4n) is 9.69. The van der Waals surface area contributed by atoms with Crippen LogP contribution in [0.1, 0.15) is 22.5 Å². The van der Waals surface area contributed by atoms with E-state index >= 15 is 0 Å². The van der Waals surface area contributed by atoms with E-state index in [1.165, 1.54) is 65.9 Å². The van der Waals surface area contributed by atoms with Crippen molar-refractivity contribution in [3.8, 4) is 11.4 Å². The van der Waals surface area contributed by atoms with Crippen LogP contribution in [0.5, 0.6) is 0 Å². The van der Waals surface area contributed by atoms with Crippen molar-refractivity contribution in [2.45, 2.75) is 27.7 Å². The fourth-order valence-corrected chi connectivity index (χ4v) is 9.69. The van der Waals surface area contributed by atoms with Crippen LogP contribution in [0.25, 0.3) is 54.7 Å². The maximum atomic E-state index is 2.46. The Balaban J connectivity index is 1.04. The van der Waals surface area contributed by atoms with Gasteiger partial charge < -0.3 is 18.9 Å². The number of hydrogen-bond acceptors (Lipinski definition) is 2. The quantitative estimate of drug-likeness (QED) is 0.142. The summed E-state index contributed by atoms with van der Waals surface area (Å²) in [6, 6.07) is 74.5. The highest BCUT2D eigenvalue weighted by atomic mass is 15.1. The highest BCUT2D eigenvalue weighted by Gasteiger charge is 2.21. The second-order valence-electron chi connectivity index (χ2n) is 16.3. The van der Waals surface area contributed by atoms with Crippen LogP contribution in [0, 0.1) is 27.7 Å². The number of fused-ring (bicyclic) bond motifs is 7. The first-order chi connectivity index (χ1) is 30.5. The standard InChI is InChI=1S/C58H46N4/c1-39-41(3)59(47-25-29-49(30-26-47)61(43-17-9-5-10-18-43)44-19-11-6-12-20-44)57-51(39)33-35-53-54-36-34-52-40(2)42(4)60(58(52)56(54)38-37-55(53)57)48-27-31-50(32-28-48)62(45-21-13-7-14-22-45)46-23-15-8-16-24-46/h5-38H,1-4H3. The van der Waals surface area contributed by atoms with E-state index in [4.69, 9.17) is 0 Å². The number of nitrogens with zero attached hydrogens (tertiary/aromatic N) is 4. The molecule has 0 aliphatic heterocycles. The monoisotopic (exact) mass is 798 g/mol. The minimum Gasteiger partial charge on any atom is -0.313 e. The molecule has 9 aromatic carbocycles. The van der Waals surface area contributed by atoms with Crippen LogP contribution < -0.4 is 9.80 Å². The molecule has 0 saturated carbocycles. The van der Waals surface area contributed by atoms with Gasteiger partial charge in [-0.3, -0.25) is 0 Å². The Bertz CT molecular complexity index is 3090. The summed E-state index contributed by atoms with van der Waals surface area (Å²) in [7, 11) is 0. The number of hydrogen-bond donors (Lipinski definition) is 0. The van der Waals surface area contributed by atoms with Gasteiger partial charge in [0.25, 0.3) is 0 Å². The number of rotatable bonds is 8. The van der Waals surface area contributed by atoms with Gasteiger partial charge in [-0.15, -0.1) is 0 Å². The van der Waals surface area contributed by atoms with E-state index in [-0.39, 0.29) is 0 Å². The molecule has 0 spiro atoms. The van der Waals surface area contributed by atoms with Crippen LogP contribution in [0.4, 0.5) is 34.1 Å². The molecular weight excluding hydrogens is 753 g/mol. The van der Waals surface area contributed by atoms with Gasteiger partial charge in [-0.25, -0.2) is 0 Å². The third-order valence-corrected chi connectivity index (χ3v) is 12.9. The lowest BCUT2D eigenvalue weighted by molar-refractivity contribution is 1.04. The van der Waals surface area contributed by atoms with Crippen molar-refractivity contribution in [3.05, 3.63) is 229 Å². The predicted molar refractivity (Wildman–Crippen MR) is 263 cm³/mol. The van der Waals surface area contributed by atoms with Gasteiger partial charge in [0.15, 0.2) is 0 Å². The van der Waals surface area contributed by atoms with Gasteiger partial charge >= 0.3 is 0 Å². The zero-order valence-corrected chi connectivity index (χ0v) is 35.4. The van der Waals surface area contributed by atoms with E-state index in [1.807, 2.05) is 0 Å². The van der Waals surface area contributed by atoms with Gasteiger partial charge in [0.2, 0.25) is 0 Å². The molecule has 0 N–H and O–H groups in total. The summed E-state index contributed by atoms with van der Waals surface area (Å²) in [5.41, 5.74) is 16.6. The van der Waals surface area contributed by atoms with Crippen molar-refractivity contribution in [2.24, 2.45) is 0 Å². The normalized spacial score (nSPS) is 11.5. The van der Waals surface area contributed by atoms with Crippen LogP contribution in [0.15, 0.2) is 206 Å². The van der Waals surface area contributed by atoms with Crippen LogP contribution in [-0.2, 0) is 0 Å². The van der Waals surface area contributed by atoms with Crippen molar-refractivity contribution in [2.75, 3.05) is 9.80 Å². The van der Waals surface area contributed by atoms with E-state index in [1.54, 1.807) is 0 Å². The number of anilines is 6. The summed E-state index contributed by atoms with van der Waals surface area (Å²) in [6.07, 6.45) is 0. The summed E-state index contributed by atoms with van der Waals surface area (Å²) in [4.78, 5) is 4.63. The van der Waals surface area contributed by atoms with Gasteiger partial charge in [-0.1, -0.05) is 109 Å². The Morgan fingerprint density at radius 3 is 0.823 bits per heavy atom. The molecule has 0 bridgehead atoms. The molecule has 0 atom stereocenters. The van der Waals surface area contributed by atoms with E-state index in [9.17, 15) is 0 Å². The molecule has 0 unspecified atom stereocenters. The maximum Gasteiger partial charge on any atom is 0.0612 e. The van der Waals surface area contributed by atoms with E-state index in [0.717, 1.165) is 45.5 Å². The first-order valence-electron chi connectivity index (χ1n) is 21.5. The molecule has 2 aromatic heterocycles. The Hall–Kier alpha value is -7.82. The summed E-state index contributed by atoms with van der Waals surface area (Å²) in [5.74, 6) is 0. The van der Waals surface area contributed by atoms with Gasteiger partial charge in [0.1, 0.15) is 0 Å². The number of para-hydroxylation sites is 4. The molecule has 0 radical (unpaired) electrons. The largest absolute Gasteiger partial charge is 0.313 e. The molecule has 62 heavy (non-hydrogen) atoms. The molecule has 0 fully saturated rings. The average Bonchev–Trinajstić information content (AvgIpc) is 3.75. The number of aryl methyl sites for hydroxylation is 2. The number of aromatic nitrogens is 2. The van der Waals surface area contributed by atoms with Gasteiger partial charge in [-0.2, -0.15) is 0 Å². The van der Waals surface area contributed by atoms with E-state index in [2.05, 4.69) is 253 Å². The van der Waals surface area contributed by atoms with E-state index < -0.39 is 0 Å². The van der Waals surface area contributed by atoms with Crippen molar-refractivity contribution in [1.29, 1.82) is 0 Å². The third kappa shape index (κ3) is 5.98. The summed E-state index contributed by atoms with van der Waals surface area (Å²) < 4.78 is 4.92. The van der Waals surface area contributed by atoms with Crippen molar-refractivity contribution in [1.82, 2.24) is 9.13 Å². The Kier molecular flexibility index (Phi) is 9.01. The minimum absolute atomic E-state index is 1.12. The second kappa shape index (κ2) is 15.0. The molecule has 0 aliphatic carbocycles. The summed E-state index contributed by atoms with van der Waals surface area (Å²) >= 11 is 0. The summed E-state index contributed by atoms with van der Waals surface area (Å²) in [5, 5.41) is 7.58. The van der Waals surface area contributed by atoms with Crippen LogP contribution >= 0.6 is 0 Å². The third-order valence-electron chi connectivity index (χ3n) is 12.9. The maximum absolute atomic E-state index is 2.46.